The number of thiazole rings is 1. The normalized spacial score (nSPS) is 17.2. The van der Waals surface area contributed by atoms with Gasteiger partial charge in [0, 0.05) is 32.6 Å². The number of aryl methyl sites for hydroxylation is 1. The van der Waals surface area contributed by atoms with E-state index in [1.54, 1.807) is 11.6 Å². The first-order valence-electron chi connectivity index (χ1n) is 9.82. The number of methoxy groups -OCH3 is 1. The fraction of sp³-hybridized carbons (Fsp3) is 0.500. The minimum Gasteiger partial charge on any atom is -0.497 e. The molecule has 2 aromatic heterocycles. The zero-order valence-electron chi connectivity index (χ0n) is 16.6. The van der Waals surface area contributed by atoms with Crippen LogP contribution in [0.3, 0.4) is 0 Å². The Bertz CT molecular complexity index is 928. The van der Waals surface area contributed by atoms with E-state index in [9.17, 15) is 5.11 Å². The Kier molecular flexibility index (Phi) is 5.52. The van der Waals surface area contributed by atoms with Crippen LogP contribution in [0.4, 0.5) is 0 Å². The van der Waals surface area contributed by atoms with Crippen molar-refractivity contribution in [2.24, 2.45) is 0 Å². The monoisotopic (exact) mass is 401 g/mol. The number of hydrogen-bond donors (Lipinski definition) is 1. The molecule has 1 N–H and O–H groups in total. The first-order valence-corrected chi connectivity index (χ1v) is 10.6. The van der Waals surface area contributed by atoms with Crippen LogP contribution in [0.25, 0.3) is 4.96 Å². The average Bonchev–Trinajstić information content (AvgIpc) is 3.28. The Morgan fingerprint density at radius 1 is 1.14 bits per heavy atom. The molecule has 3 aromatic rings. The molecule has 0 bridgehead atoms. The highest BCUT2D eigenvalue weighted by Gasteiger charge is 2.31. The Hall–Kier alpha value is -2.16. The number of benzene rings is 1. The van der Waals surface area contributed by atoms with Crippen LogP contribution in [0.5, 0.6) is 11.6 Å². The second kappa shape index (κ2) is 8.06. The van der Waals surface area contributed by atoms with Gasteiger partial charge in [0.05, 0.1) is 18.0 Å². The summed E-state index contributed by atoms with van der Waals surface area (Å²) in [7, 11) is 1.67. The standard InChI is InChI=1S/C20H27N5O2S/c1-4-16-21-20-25(22-16)19(26)18(28-20)17(14-6-8-15(27-3)9-7-14)24-12-10-23(5-2)11-13-24/h6-9,17,26H,4-5,10-13H2,1-3H3/t17-/m1/s1. The highest BCUT2D eigenvalue weighted by molar-refractivity contribution is 7.17. The molecule has 0 spiro atoms. The number of nitrogens with zero attached hydrogens (tertiary/aromatic N) is 5. The number of likely N-dealkylation sites (N-methyl/N-ethyl adjacent to an activating group) is 1. The lowest BCUT2D eigenvalue weighted by Crippen LogP contribution is -2.47. The van der Waals surface area contributed by atoms with Crippen molar-refractivity contribution in [3.8, 4) is 11.6 Å². The summed E-state index contributed by atoms with van der Waals surface area (Å²) in [6.07, 6.45) is 0.754. The van der Waals surface area contributed by atoms with E-state index in [4.69, 9.17) is 4.74 Å². The van der Waals surface area contributed by atoms with Crippen molar-refractivity contribution >= 4 is 16.3 Å². The van der Waals surface area contributed by atoms with Gasteiger partial charge in [0.25, 0.3) is 0 Å². The van der Waals surface area contributed by atoms with Gasteiger partial charge in [0.15, 0.2) is 5.82 Å². The van der Waals surface area contributed by atoms with Gasteiger partial charge in [0.1, 0.15) is 5.75 Å². The van der Waals surface area contributed by atoms with Crippen molar-refractivity contribution in [2.75, 3.05) is 39.8 Å². The minimum absolute atomic E-state index is 0.0245. The highest BCUT2D eigenvalue weighted by atomic mass is 32.1. The van der Waals surface area contributed by atoms with Crippen LogP contribution in [0, 0.1) is 0 Å². The van der Waals surface area contributed by atoms with E-state index in [0.29, 0.717) is 0 Å². The zero-order valence-corrected chi connectivity index (χ0v) is 17.4. The molecule has 3 heterocycles. The van der Waals surface area contributed by atoms with Crippen molar-refractivity contribution in [3.63, 3.8) is 0 Å². The summed E-state index contributed by atoms with van der Waals surface area (Å²) in [5.41, 5.74) is 1.14. The van der Waals surface area contributed by atoms with Gasteiger partial charge >= 0.3 is 0 Å². The summed E-state index contributed by atoms with van der Waals surface area (Å²) in [6, 6.07) is 8.11. The first-order chi connectivity index (χ1) is 13.6. The molecule has 7 nitrogen and oxygen atoms in total. The molecule has 1 aliphatic heterocycles. The Balaban J connectivity index is 1.74. The van der Waals surface area contributed by atoms with Crippen LogP contribution >= 0.6 is 11.3 Å². The minimum atomic E-state index is -0.0245. The van der Waals surface area contributed by atoms with Crippen molar-refractivity contribution in [1.82, 2.24) is 24.4 Å². The molecule has 4 rings (SSSR count). The van der Waals surface area contributed by atoms with Gasteiger partial charge in [-0.3, -0.25) is 4.90 Å². The molecule has 28 heavy (non-hydrogen) atoms. The summed E-state index contributed by atoms with van der Waals surface area (Å²) >= 11 is 1.53. The van der Waals surface area contributed by atoms with E-state index >= 15 is 0 Å². The van der Waals surface area contributed by atoms with Gasteiger partial charge in [-0.15, -0.1) is 5.10 Å². The van der Waals surface area contributed by atoms with Crippen molar-refractivity contribution in [3.05, 3.63) is 40.5 Å². The third-order valence-electron chi connectivity index (χ3n) is 5.46. The van der Waals surface area contributed by atoms with Gasteiger partial charge in [-0.25, -0.2) is 4.98 Å². The van der Waals surface area contributed by atoms with Crippen LogP contribution in [0.15, 0.2) is 24.3 Å². The molecule has 1 saturated heterocycles. The Morgan fingerprint density at radius 2 is 1.86 bits per heavy atom. The van der Waals surface area contributed by atoms with Gasteiger partial charge < -0.3 is 14.7 Å². The van der Waals surface area contributed by atoms with Gasteiger partial charge in [-0.1, -0.05) is 37.3 Å². The lowest BCUT2D eigenvalue weighted by Gasteiger charge is -2.38. The van der Waals surface area contributed by atoms with Crippen molar-refractivity contribution in [1.29, 1.82) is 0 Å². The quantitative estimate of drug-likeness (QED) is 0.685. The maximum Gasteiger partial charge on any atom is 0.230 e. The van der Waals surface area contributed by atoms with E-state index in [-0.39, 0.29) is 11.9 Å². The van der Waals surface area contributed by atoms with Crippen LogP contribution in [0.1, 0.15) is 36.2 Å². The van der Waals surface area contributed by atoms with Crippen LogP contribution in [-0.2, 0) is 6.42 Å². The molecule has 0 unspecified atom stereocenters. The Labute approximate surface area is 169 Å². The third-order valence-corrected chi connectivity index (χ3v) is 6.53. The topological polar surface area (TPSA) is 66.1 Å². The summed E-state index contributed by atoms with van der Waals surface area (Å²) in [4.78, 5) is 11.1. The number of fused-ring (bicyclic) bond motifs is 1. The Morgan fingerprint density at radius 3 is 2.43 bits per heavy atom. The summed E-state index contributed by atoms with van der Waals surface area (Å²) in [6.45, 7) is 9.27. The van der Waals surface area contributed by atoms with E-state index < -0.39 is 0 Å². The molecule has 1 atom stereocenters. The molecular formula is C20H27N5O2S. The maximum absolute atomic E-state index is 11.0. The number of piperazine rings is 1. The smallest absolute Gasteiger partial charge is 0.230 e. The molecule has 0 aliphatic carbocycles. The molecule has 0 amide bonds. The van der Waals surface area contributed by atoms with Crippen LogP contribution < -0.4 is 4.74 Å². The van der Waals surface area contributed by atoms with Crippen molar-refractivity contribution in [2.45, 2.75) is 26.3 Å². The predicted molar refractivity (Wildman–Crippen MR) is 110 cm³/mol. The van der Waals surface area contributed by atoms with Crippen LogP contribution in [0.2, 0.25) is 0 Å². The highest BCUT2D eigenvalue weighted by Crippen LogP contribution is 2.40. The first kappa shape index (κ1) is 19.2. The van der Waals surface area contributed by atoms with E-state index in [1.165, 1.54) is 11.3 Å². The molecule has 8 heteroatoms. The fourth-order valence-electron chi connectivity index (χ4n) is 3.77. The fourth-order valence-corrected chi connectivity index (χ4v) is 4.91. The molecule has 0 radical (unpaired) electrons. The van der Waals surface area contributed by atoms with Crippen molar-refractivity contribution < 1.29 is 9.84 Å². The third kappa shape index (κ3) is 3.47. The summed E-state index contributed by atoms with van der Waals surface area (Å²) < 4.78 is 6.90. The number of aromatic hydroxyl groups is 1. The van der Waals surface area contributed by atoms with E-state index in [2.05, 4.69) is 38.9 Å². The van der Waals surface area contributed by atoms with Gasteiger partial charge in [-0.05, 0) is 24.2 Å². The summed E-state index contributed by atoms with van der Waals surface area (Å²) in [5, 5.41) is 15.4. The molecule has 150 valence electrons. The number of aromatic nitrogens is 3. The molecule has 0 saturated carbocycles. The van der Waals surface area contributed by atoms with Gasteiger partial charge in [0.2, 0.25) is 10.8 Å². The number of ether oxygens (including phenoxy) is 1. The predicted octanol–water partition coefficient (Wildman–Crippen LogP) is 2.79. The van der Waals surface area contributed by atoms with E-state index in [1.807, 2.05) is 19.1 Å². The maximum atomic E-state index is 11.0. The second-order valence-corrected chi connectivity index (χ2v) is 8.02. The lowest BCUT2D eigenvalue weighted by atomic mass is 10.0. The zero-order chi connectivity index (χ0) is 19.7. The second-order valence-electron chi connectivity index (χ2n) is 7.01. The summed E-state index contributed by atoms with van der Waals surface area (Å²) in [5.74, 6) is 1.79. The molecule has 1 fully saturated rings. The SMILES string of the molecule is CCc1nc2sc([C@@H](c3ccc(OC)cc3)N3CCN(CC)CC3)c(O)n2n1. The largest absolute Gasteiger partial charge is 0.497 e. The number of hydrogen-bond acceptors (Lipinski definition) is 7. The average molecular weight is 402 g/mol. The lowest BCUT2D eigenvalue weighted by molar-refractivity contribution is 0.113. The van der Waals surface area contributed by atoms with Gasteiger partial charge in [-0.2, -0.15) is 4.52 Å². The van der Waals surface area contributed by atoms with E-state index in [0.717, 1.165) is 66.1 Å². The molecular weight excluding hydrogens is 374 g/mol. The molecule has 1 aromatic carbocycles. The van der Waals surface area contributed by atoms with Crippen LogP contribution in [-0.4, -0.2) is 69.3 Å². The molecule has 1 aliphatic rings. The number of rotatable bonds is 6.